The van der Waals surface area contributed by atoms with Gasteiger partial charge in [-0.15, -0.1) is 0 Å². The molecule has 0 aliphatic heterocycles. The van der Waals surface area contributed by atoms with Gasteiger partial charge in [0.05, 0.1) is 0 Å². The van der Waals surface area contributed by atoms with Gasteiger partial charge in [0, 0.05) is 6.61 Å². The molecule has 24 heavy (non-hydrogen) atoms. The van der Waals surface area contributed by atoms with Crippen molar-refractivity contribution < 1.29 is 13.3 Å². The quantitative estimate of drug-likeness (QED) is 0.276. The zero-order valence-corrected chi connectivity index (χ0v) is 19.1. The second-order valence-electron chi connectivity index (χ2n) is 8.11. The molecule has 0 rings (SSSR count). The van der Waals surface area contributed by atoms with Crippen LogP contribution in [0.25, 0.3) is 0 Å². The fourth-order valence-corrected chi connectivity index (χ4v) is 17.3. The van der Waals surface area contributed by atoms with E-state index in [2.05, 4.69) is 46.2 Å². The van der Waals surface area contributed by atoms with Crippen LogP contribution in [-0.4, -0.2) is 36.9 Å². The van der Waals surface area contributed by atoms with Gasteiger partial charge in [-0.05, 0) is 57.8 Å². The van der Waals surface area contributed by atoms with E-state index in [9.17, 15) is 0 Å². The molecule has 0 saturated carbocycles. The lowest BCUT2D eigenvalue weighted by Gasteiger charge is -2.38. The predicted molar refractivity (Wildman–Crippen MR) is 118 cm³/mol. The third kappa shape index (κ3) is 16.0. The molecule has 0 unspecified atom stereocenters. The summed E-state index contributed by atoms with van der Waals surface area (Å²) >= 11 is 0. The SMILES string of the molecule is C.C.CCCCCC[Si](C)(C)O[Si](C)(C)O[Si](C)(C)CCCCO. The highest BCUT2D eigenvalue weighted by molar-refractivity contribution is 6.87. The Bertz CT molecular complexity index is 295. The summed E-state index contributed by atoms with van der Waals surface area (Å²) in [5.41, 5.74) is 0. The fourth-order valence-electron chi connectivity index (χ4n) is 3.09. The van der Waals surface area contributed by atoms with Crippen molar-refractivity contribution in [2.75, 3.05) is 6.61 Å². The summed E-state index contributed by atoms with van der Waals surface area (Å²) in [6.07, 6.45) is 7.22. The fraction of sp³-hybridized carbons (Fsp3) is 1.00. The maximum atomic E-state index is 8.93. The molecular formula is C18H48O3Si3. The maximum Gasteiger partial charge on any atom is 0.311 e. The Morgan fingerprint density at radius 2 is 1.08 bits per heavy atom. The first kappa shape index (κ1) is 29.3. The third-order valence-electron chi connectivity index (χ3n) is 3.86. The number of hydrogen-bond donors (Lipinski definition) is 1. The van der Waals surface area contributed by atoms with Crippen molar-refractivity contribution in [1.82, 2.24) is 0 Å². The van der Waals surface area contributed by atoms with E-state index in [4.69, 9.17) is 13.3 Å². The van der Waals surface area contributed by atoms with E-state index < -0.39 is 25.2 Å². The monoisotopic (exact) mass is 396 g/mol. The summed E-state index contributed by atoms with van der Waals surface area (Å²) in [5.74, 6) is 0. The summed E-state index contributed by atoms with van der Waals surface area (Å²) in [6, 6.07) is 2.37. The molecule has 0 saturated heterocycles. The lowest BCUT2D eigenvalue weighted by atomic mass is 10.2. The van der Waals surface area contributed by atoms with Crippen LogP contribution in [0.15, 0.2) is 0 Å². The van der Waals surface area contributed by atoms with Gasteiger partial charge in [-0.1, -0.05) is 53.9 Å². The number of aliphatic hydroxyl groups excluding tert-OH is 1. The van der Waals surface area contributed by atoms with Gasteiger partial charge in [0.1, 0.15) is 0 Å². The molecule has 0 aliphatic carbocycles. The first-order valence-electron chi connectivity index (χ1n) is 9.05. The molecule has 0 aromatic heterocycles. The molecule has 0 heterocycles. The van der Waals surface area contributed by atoms with Crippen LogP contribution in [-0.2, 0) is 8.23 Å². The lowest BCUT2D eigenvalue weighted by molar-refractivity contribution is 0.286. The Morgan fingerprint density at radius 1 is 0.667 bits per heavy atom. The Labute approximate surface area is 157 Å². The zero-order chi connectivity index (χ0) is 17.3. The highest BCUT2D eigenvalue weighted by Crippen LogP contribution is 2.26. The minimum absolute atomic E-state index is 0. The van der Waals surface area contributed by atoms with Gasteiger partial charge in [0.25, 0.3) is 0 Å². The van der Waals surface area contributed by atoms with Crippen molar-refractivity contribution >= 4 is 25.2 Å². The largest absolute Gasteiger partial charge is 0.437 e. The summed E-state index contributed by atoms with van der Waals surface area (Å²) in [6.45, 7) is 16.3. The van der Waals surface area contributed by atoms with E-state index in [0.29, 0.717) is 6.61 Å². The zero-order valence-electron chi connectivity index (χ0n) is 16.1. The van der Waals surface area contributed by atoms with Gasteiger partial charge in [0.2, 0.25) is 0 Å². The third-order valence-corrected chi connectivity index (χ3v) is 15.3. The van der Waals surface area contributed by atoms with Crippen LogP contribution >= 0.6 is 0 Å². The van der Waals surface area contributed by atoms with Crippen molar-refractivity contribution in [3.63, 3.8) is 0 Å². The normalized spacial score (nSPS) is 12.5. The van der Waals surface area contributed by atoms with E-state index in [1.165, 1.54) is 31.7 Å². The average Bonchev–Trinajstić information content (AvgIpc) is 2.32. The molecule has 0 spiro atoms. The van der Waals surface area contributed by atoms with E-state index in [1.807, 2.05) is 0 Å². The molecule has 0 bridgehead atoms. The van der Waals surface area contributed by atoms with Gasteiger partial charge in [-0.3, -0.25) is 0 Å². The average molecular weight is 397 g/mol. The van der Waals surface area contributed by atoms with Crippen LogP contribution in [0.1, 0.15) is 60.3 Å². The van der Waals surface area contributed by atoms with Gasteiger partial charge in [-0.25, -0.2) is 0 Å². The van der Waals surface area contributed by atoms with Crippen molar-refractivity contribution in [2.24, 2.45) is 0 Å². The number of rotatable bonds is 13. The van der Waals surface area contributed by atoms with Gasteiger partial charge in [-0.2, -0.15) is 0 Å². The number of hydrogen-bond acceptors (Lipinski definition) is 3. The van der Waals surface area contributed by atoms with Crippen LogP contribution in [0.4, 0.5) is 0 Å². The number of aliphatic hydroxyl groups is 1. The Morgan fingerprint density at radius 3 is 1.46 bits per heavy atom. The Kier molecular flexibility index (Phi) is 16.7. The van der Waals surface area contributed by atoms with Gasteiger partial charge >= 0.3 is 8.56 Å². The van der Waals surface area contributed by atoms with Crippen LogP contribution in [0.2, 0.25) is 51.4 Å². The smallest absolute Gasteiger partial charge is 0.311 e. The van der Waals surface area contributed by atoms with Crippen molar-refractivity contribution in [3.05, 3.63) is 0 Å². The topological polar surface area (TPSA) is 38.7 Å². The lowest BCUT2D eigenvalue weighted by Crippen LogP contribution is -2.52. The van der Waals surface area contributed by atoms with Crippen molar-refractivity contribution in [2.45, 2.75) is 112 Å². The minimum atomic E-state index is -2.04. The van der Waals surface area contributed by atoms with Crippen molar-refractivity contribution in [1.29, 1.82) is 0 Å². The molecule has 3 nitrogen and oxygen atoms in total. The highest BCUT2D eigenvalue weighted by Gasteiger charge is 2.39. The van der Waals surface area contributed by atoms with Crippen LogP contribution in [0.5, 0.6) is 0 Å². The molecule has 6 heteroatoms. The van der Waals surface area contributed by atoms with Crippen LogP contribution in [0.3, 0.4) is 0 Å². The second-order valence-corrected chi connectivity index (χ2v) is 20.6. The molecule has 1 N–H and O–H groups in total. The highest BCUT2D eigenvalue weighted by atomic mass is 28.5. The Balaban J connectivity index is -0.00000220. The minimum Gasteiger partial charge on any atom is -0.437 e. The molecule has 0 aromatic rings. The summed E-state index contributed by atoms with van der Waals surface area (Å²) in [7, 11) is -5.32. The van der Waals surface area contributed by atoms with Gasteiger partial charge < -0.3 is 13.3 Å². The van der Waals surface area contributed by atoms with Crippen LogP contribution in [0, 0.1) is 0 Å². The molecule has 0 aromatic carbocycles. The summed E-state index contributed by atoms with van der Waals surface area (Å²) < 4.78 is 13.1. The Hall–Kier alpha value is 0.531. The van der Waals surface area contributed by atoms with Crippen molar-refractivity contribution in [3.8, 4) is 0 Å². The summed E-state index contributed by atoms with van der Waals surface area (Å²) in [4.78, 5) is 0. The molecule has 150 valence electrons. The molecular weight excluding hydrogens is 348 g/mol. The van der Waals surface area contributed by atoms with E-state index in [-0.39, 0.29) is 14.9 Å². The van der Waals surface area contributed by atoms with E-state index >= 15 is 0 Å². The molecule has 0 amide bonds. The second kappa shape index (κ2) is 13.7. The number of unbranched alkanes of at least 4 members (excludes halogenated alkanes) is 4. The predicted octanol–water partition coefficient (Wildman–Crippen LogP) is 6.76. The van der Waals surface area contributed by atoms with Gasteiger partial charge in [0.15, 0.2) is 16.6 Å². The van der Waals surface area contributed by atoms with E-state index in [1.54, 1.807) is 0 Å². The molecule has 0 radical (unpaired) electrons. The molecule has 0 fully saturated rings. The first-order chi connectivity index (χ1) is 10.0. The maximum absolute atomic E-state index is 8.93. The summed E-state index contributed by atoms with van der Waals surface area (Å²) in [5, 5.41) is 8.93. The standard InChI is InChI=1S/C16H40O3Si3.2CH4/c1-8-9-10-12-15-20(2,3)18-22(6,7)19-21(4,5)16-13-11-14-17;;/h17H,8-16H2,1-7H3;2*1H4. The van der Waals surface area contributed by atoms with E-state index in [0.717, 1.165) is 18.9 Å². The molecule has 0 atom stereocenters. The van der Waals surface area contributed by atoms with Crippen LogP contribution < -0.4 is 0 Å². The first-order valence-corrected chi connectivity index (χ1v) is 18.1. The molecule has 0 aliphatic rings.